The molecule has 1 heterocycles. The van der Waals surface area contributed by atoms with Crippen LogP contribution in [-0.4, -0.2) is 37.3 Å². The van der Waals surface area contributed by atoms with Gasteiger partial charge in [0.25, 0.3) is 5.91 Å². The van der Waals surface area contributed by atoms with Crippen molar-refractivity contribution in [1.29, 1.82) is 0 Å². The molecule has 0 bridgehead atoms. The molecule has 2 aromatic rings. The molecule has 1 amide bonds. The molecular weight excluding hydrogens is 336 g/mol. The fraction of sp³-hybridized carbons (Fsp3) is 0.350. The van der Waals surface area contributed by atoms with E-state index in [1.807, 2.05) is 48.5 Å². The van der Waals surface area contributed by atoms with E-state index in [1.54, 1.807) is 0 Å². The molecule has 0 spiro atoms. The molecule has 0 aliphatic carbocycles. The molecule has 3 N–H and O–H groups in total. The summed E-state index contributed by atoms with van der Waals surface area (Å²) in [4.78, 5) is 12.6. The minimum atomic E-state index is -0.0619. The van der Waals surface area contributed by atoms with Crippen LogP contribution in [0, 0.1) is 11.8 Å². The molecule has 2 atom stereocenters. The normalized spacial score (nSPS) is 19.8. The highest BCUT2D eigenvalue weighted by atomic mass is 35.5. The number of hydrogen-bond donors (Lipinski definition) is 3. The largest absolute Gasteiger partial charge is 0.396 e. The Hall–Kier alpha value is -1.88. The number of carbonyl (C=O) groups excluding carboxylic acids is 1. The first-order chi connectivity index (χ1) is 12.2. The van der Waals surface area contributed by atoms with Gasteiger partial charge >= 0.3 is 0 Å². The number of amides is 1. The highest BCUT2D eigenvalue weighted by Crippen LogP contribution is 2.18. The molecule has 2 aromatic carbocycles. The van der Waals surface area contributed by atoms with E-state index in [0.717, 1.165) is 24.2 Å². The SMILES string of the molecule is O=C(NC[C@@H]1CNC[C@H]1CO)c1ccccc1Cc1ccc(Cl)cc1. The lowest BCUT2D eigenvalue weighted by Gasteiger charge is -2.17. The molecule has 0 saturated carbocycles. The van der Waals surface area contributed by atoms with Crippen molar-refractivity contribution in [3.63, 3.8) is 0 Å². The van der Waals surface area contributed by atoms with Gasteiger partial charge in [0, 0.05) is 42.7 Å². The summed E-state index contributed by atoms with van der Waals surface area (Å²) < 4.78 is 0. The molecule has 5 heteroatoms. The summed E-state index contributed by atoms with van der Waals surface area (Å²) in [5.41, 5.74) is 2.81. The van der Waals surface area contributed by atoms with Gasteiger partial charge in [0.2, 0.25) is 0 Å². The van der Waals surface area contributed by atoms with Crippen LogP contribution in [-0.2, 0) is 6.42 Å². The van der Waals surface area contributed by atoms with E-state index in [1.165, 1.54) is 0 Å². The lowest BCUT2D eigenvalue weighted by molar-refractivity contribution is 0.0939. The molecule has 1 fully saturated rings. The number of rotatable bonds is 6. The van der Waals surface area contributed by atoms with E-state index >= 15 is 0 Å². The molecule has 132 valence electrons. The molecule has 0 radical (unpaired) electrons. The number of aliphatic hydroxyl groups is 1. The Morgan fingerprint density at radius 3 is 2.60 bits per heavy atom. The van der Waals surface area contributed by atoms with Gasteiger partial charge in [-0.15, -0.1) is 0 Å². The predicted molar refractivity (Wildman–Crippen MR) is 100.0 cm³/mol. The Morgan fingerprint density at radius 1 is 1.12 bits per heavy atom. The highest BCUT2D eigenvalue weighted by Gasteiger charge is 2.26. The van der Waals surface area contributed by atoms with Crippen LogP contribution in [0.1, 0.15) is 21.5 Å². The monoisotopic (exact) mass is 358 g/mol. The van der Waals surface area contributed by atoms with Crippen LogP contribution in [0.25, 0.3) is 0 Å². The number of carbonyl (C=O) groups is 1. The van der Waals surface area contributed by atoms with Crippen LogP contribution >= 0.6 is 11.6 Å². The smallest absolute Gasteiger partial charge is 0.251 e. The summed E-state index contributed by atoms with van der Waals surface area (Å²) in [6.07, 6.45) is 0.686. The summed E-state index contributed by atoms with van der Waals surface area (Å²) in [6.45, 7) is 2.37. The van der Waals surface area contributed by atoms with E-state index in [-0.39, 0.29) is 24.3 Å². The quantitative estimate of drug-likeness (QED) is 0.743. The number of aliphatic hydroxyl groups excluding tert-OH is 1. The van der Waals surface area contributed by atoms with Gasteiger partial charge in [0.15, 0.2) is 0 Å². The van der Waals surface area contributed by atoms with Crippen molar-refractivity contribution in [3.05, 3.63) is 70.2 Å². The number of nitrogens with one attached hydrogen (secondary N) is 2. The Kier molecular flexibility index (Phi) is 6.08. The maximum Gasteiger partial charge on any atom is 0.251 e. The third-order valence-electron chi connectivity index (χ3n) is 4.81. The Balaban J connectivity index is 1.67. The van der Waals surface area contributed by atoms with E-state index in [2.05, 4.69) is 10.6 Å². The van der Waals surface area contributed by atoms with Crippen LogP contribution in [0.2, 0.25) is 5.02 Å². The van der Waals surface area contributed by atoms with Gasteiger partial charge in [-0.05, 0) is 41.7 Å². The second-order valence-corrected chi connectivity index (χ2v) is 6.97. The summed E-state index contributed by atoms with van der Waals surface area (Å²) >= 11 is 5.94. The molecule has 1 aliphatic heterocycles. The molecule has 25 heavy (non-hydrogen) atoms. The average molecular weight is 359 g/mol. The van der Waals surface area contributed by atoms with Gasteiger partial charge in [-0.2, -0.15) is 0 Å². The standard InChI is InChI=1S/C20H23ClN2O2/c21-18-7-5-14(6-8-18)9-15-3-1-2-4-19(15)20(25)23-12-16-10-22-11-17(16)13-24/h1-8,16-17,22,24H,9-13H2,(H,23,25)/t16-,17-/m0/s1. The fourth-order valence-electron chi connectivity index (χ4n) is 3.28. The summed E-state index contributed by atoms with van der Waals surface area (Å²) in [6, 6.07) is 15.4. The lowest BCUT2D eigenvalue weighted by Crippen LogP contribution is -2.34. The Labute approximate surface area is 153 Å². The Morgan fingerprint density at radius 2 is 1.84 bits per heavy atom. The van der Waals surface area contributed by atoms with E-state index in [9.17, 15) is 9.90 Å². The molecule has 3 rings (SSSR count). The summed E-state index contributed by atoms with van der Waals surface area (Å²) in [5.74, 6) is 0.426. The highest BCUT2D eigenvalue weighted by molar-refractivity contribution is 6.30. The zero-order valence-corrected chi connectivity index (χ0v) is 14.8. The zero-order chi connectivity index (χ0) is 17.6. The van der Waals surface area contributed by atoms with Crippen molar-refractivity contribution in [2.45, 2.75) is 6.42 Å². The first-order valence-corrected chi connectivity index (χ1v) is 8.97. The van der Waals surface area contributed by atoms with Crippen molar-refractivity contribution in [2.75, 3.05) is 26.2 Å². The first-order valence-electron chi connectivity index (χ1n) is 8.59. The van der Waals surface area contributed by atoms with Gasteiger partial charge in [-0.3, -0.25) is 4.79 Å². The van der Waals surface area contributed by atoms with E-state index in [4.69, 9.17) is 11.6 Å². The predicted octanol–water partition coefficient (Wildman–Crippen LogP) is 2.49. The zero-order valence-electron chi connectivity index (χ0n) is 14.0. The maximum absolute atomic E-state index is 12.6. The van der Waals surface area contributed by atoms with Crippen LogP contribution in [0.5, 0.6) is 0 Å². The van der Waals surface area contributed by atoms with Crippen LogP contribution in [0.3, 0.4) is 0 Å². The van der Waals surface area contributed by atoms with Crippen LogP contribution in [0.15, 0.2) is 48.5 Å². The molecule has 0 unspecified atom stereocenters. The van der Waals surface area contributed by atoms with E-state index in [0.29, 0.717) is 23.6 Å². The second kappa shape index (κ2) is 8.48. The van der Waals surface area contributed by atoms with Gasteiger partial charge in [0.1, 0.15) is 0 Å². The van der Waals surface area contributed by atoms with E-state index < -0.39 is 0 Å². The summed E-state index contributed by atoms with van der Waals surface area (Å²) in [7, 11) is 0. The van der Waals surface area contributed by atoms with Gasteiger partial charge in [-0.25, -0.2) is 0 Å². The number of hydrogen-bond acceptors (Lipinski definition) is 3. The maximum atomic E-state index is 12.6. The third kappa shape index (κ3) is 4.60. The number of halogens is 1. The summed E-state index contributed by atoms with van der Waals surface area (Å²) in [5, 5.41) is 16.4. The molecule has 1 saturated heterocycles. The first kappa shape index (κ1) is 17.9. The lowest BCUT2D eigenvalue weighted by atomic mass is 9.96. The van der Waals surface area contributed by atoms with Gasteiger partial charge in [0.05, 0.1) is 0 Å². The third-order valence-corrected chi connectivity index (χ3v) is 5.06. The minimum absolute atomic E-state index is 0.0619. The average Bonchev–Trinajstić information content (AvgIpc) is 3.09. The van der Waals surface area contributed by atoms with Crippen LogP contribution < -0.4 is 10.6 Å². The topological polar surface area (TPSA) is 61.4 Å². The van der Waals surface area contributed by atoms with Crippen LogP contribution in [0.4, 0.5) is 0 Å². The fourth-order valence-corrected chi connectivity index (χ4v) is 3.40. The molecule has 4 nitrogen and oxygen atoms in total. The van der Waals surface area contributed by atoms with Crippen molar-refractivity contribution in [2.24, 2.45) is 11.8 Å². The Bertz CT molecular complexity index is 718. The number of benzene rings is 2. The molecular formula is C20H23ClN2O2. The van der Waals surface area contributed by atoms with Crippen molar-refractivity contribution < 1.29 is 9.90 Å². The molecule has 0 aromatic heterocycles. The van der Waals surface area contributed by atoms with Crippen molar-refractivity contribution in [1.82, 2.24) is 10.6 Å². The molecule has 1 aliphatic rings. The van der Waals surface area contributed by atoms with Gasteiger partial charge < -0.3 is 15.7 Å². The second-order valence-electron chi connectivity index (χ2n) is 6.53. The van der Waals surface area contributed by atoms with Gasteiger partial charge in [-0.1, -0.05) is 41.9 Å². The minimum Gasteiger partial charge on any atom is -0.396 e. The van der Waals surface area contributed by atoms with Crippen molar-refractivity contribution in [3.8, 4) is 0 Å². The van der Waals surface area contributed by atoms with Crippen molar-refractivity contribution >= 4 is 17.5 Å².